The van der Waals surface area contributed by atoms with Crippen molar-refractivity contribution in [3.8, 4) is 5.75 Å². The van der Waals surface area contributed by atoms with Gasteiger partial charge in [-0.3, -0.25) is 9.59 Å². The Morgan fingerprint density at radius 3 is 2.58 bits per heavy atom. The van der Waals surface area contributed by atoms with E-state index in [0.29, 0.717) is 36.0 Å². The maximum Gasteiger partial charge on any atom is 0.226 e. The van der Waals surface area contributed by atoms with Gasteiger partial charge < -0.3 is 15.0 Å². The maximum absolute atomic E-state index is 12.2. The smallest absolute Gasteiger partial charge is 0.226 e. The molecule has 0 saturated heterocycles. The first-order valence-corrected chi connectivity index (χ1v) is 8.79. The molecular weight excluding hydrogens is 352 g/mol. The summed E-state index contributed by atoms with van der Waals surface area (Å²) in [5, 5.41) is 3.49. The molecule has 0 aliphatic carbocycles. The van der Waals surface area contributed by atoms with Crippen molar-refractivity contribution >= 4 is 29.1 Å². The van der Waals surface area contributed by atoms with E-state index in [-0.39, 0.29) is 18.2 Å². The summed E-state index contributed by atoms with van der Waals surface area (Å²) >= 11 is 5.98. The number of nitrogens with zero attached hydrogens (tertiary/aromatic N) is 1. The fourth-order valence-corrected chi connectivity index (χ4v) is 2.76. The summed E-state index contributed by atoms with van der Waals surface area (Å²) < 4.78 is 5.13. The Labute approximate surface area is 158 Å². The predicted molar refractivity (Wildman–Crippen MR) is 104 cm³/mol. The number of ether oxygens (including phenoxy) is 1. The molecule has 0 heterocycles. The van der Waals surface area contributed by atoms with Crippen molar-refractivity contribution in [3.63, 3.8) is 0 Å². The Bertz CT molecular complexity index is 764. The lowest BCUT2D eigenvalue weighted by Gasteiger charge is -2.21. The molecule has 0 radical (unpaired) electrons. The quantitative estimate of drug-likeness (QED) is 0.765. The van der Waals surface area contributed by atoms with E-state index in [0.717, 1.165) is 5.56 Å². The molecule has 6 heteroatoms. The first-order valence-electron chi connectivity index (χ1n) is 8.42. The number of hydrogen-bond acceptors (Lipinski definition) is 3. The first kappa shape index (κ1) is 19.8. The zero-order valence-corrected chi connectivity index (χ0v) is 15.8. The second-order valence-electron chi connectivity index (χ2n) is 5.92. The highest BCUT2D eigenvalue weighted by atomic mass is 35.5. The third kappa shape index (κ3) is 6.41. The van der Waals surface area contributed by atoms with Gasteiger partial charge in [-0.2, -0.15) is 0 Å². The summed E-state index contributed by atoms with van der Waals surface area (Å²) in [6.45, 7) is 2.42. The van der Waals surface area contributed by atoms with Crippen LogP contribution >= 0.6 is 11.6 Å². The number of amides is 2. The highest BCUT2D eigenvalue weighted by Gasteiger charge is 2.12. The summed E-state index contributed by atoms with van der Waals surface area (Å²) in [7, 11) is 1.57. The molecule has 2 rings (SSSR count). The van der Waals surface area contributed by atoms with E-state index in [2.05, 4.69) is 5.32 Å². The fraction of sp³-hybridized carbons (Fsp3) is 0.300. The van der Waals surface area contributed by atoms with E-state index < -0.39 is 0 Å². The van der Waals surface area contributed by atoms with Crippen LogP contribution in [0.4, 0.5) is 5.69 Å². The number of nitrogens with one attached hydrogen (secondary N) is 1. The lowest BCUT2D eigenvalue weighted by molar-refractivity contribution is -0.129. The van der Waals surface area contributed by atoms with Gasteiger partial charge in [-0.25, -0.2) is 0 Å². The van der Waals surface area contributed by atoms with Crippen LogP contribution < -0.4 is 10.1 Å². The topological polar surface area (TPSA) is 58.6 Å². The maximum atomic E-state index is 12.2. The summed E-state index contributed by atoms with van der Waals surface area (Å²) in [6.07, 6.45) is 0.921. The van der Waals surface area contributed by atoms with E-state index in [1.807, 2.05) is 30.3 Å². The third-order valence-corrected chi connectivity index (χ3v) is 4.20. The molecule has 0 saturated carbocycles. The molecule has 2 aromatic carbocycles. The van der Waals surface area contributed by atoms with Crippen LogP contribution in [0, 0.1) is 0 Å². The van der Waals surface area contributed by atoms with Gasteiger partial charge in [0.1, 0.15) is 5.75 Å². The molecule has 1 N–H and O–H groups in total. The lowest BCUT2D eigenvalue weighted by Crippen LogP contribution is -2.33. The Morgan fingerprint density at radius 2 is 1.88 bits per heavy atom. The van der Waals surface area contributed by atoms with E-state index in [1.165, 1.54) is 6.92 Å². The highest BCUT2D eigenvalue weighted by Crippen LogP contribution is 2.17. The van der Waals surface area contributed by atoms with Crippen LogP contribution in [0.15, 0.2) is 48.5 Å². The van der Waals surface area contributed by atoms with Crippen molar-refractivity contribution in [2.75, 3.05) is 25.5 Å². The second-order valence-corrected chi connectivity index (χ2v) is 6.35. The number of carbonyl (C=O) groups is 2. The van der Waals surface area contributed by atoms with Crippen LogP contribution in [0.1, 0.15) is 18.9 Å². The number of rotatable bonds is 8. The predicted octanol–water partition coefficient (Wildman–Crippen LogP) is 3.77. The zero-order valence-electron chi connectivity index (χ0n) is 15.0. The Balaban J connectivity index is 1.85. The van der Waals surface area contributed by atoms with E-state index in [4.69, 9.17) is 16.3 Å². The number of methoxy groups -OCH3 is 1. The third-order valence-electron chi connectivity index (χ3n) is 3.97. The van der Waals surface area contributed by atoms with E-state index >= 15 is 0 Å². The first-order chi connectivity index (χ1) is 12.5. The van der Waals surface area contributed by atoms with Crippen molar-refractivity contribution in [2.24, 2.45) is 0 Å². The summed E-state index contributed by atoms with van der Waals surface area (Å²) in [5.74, 6) is 0.475. The molecule has 0 aromatic heterocycles. The lowest BCUT2D eigenvalue weighted by atomic mass is 10.1. The molecule has 0 unspecified atom stereocenters. The Hall–Kier alpha value is -2.53. The van der Waals surface area contributed by atoms with Gasteiger partial charge >= 0.3 is 0 Å². The Kier molecular flexibility index (Phi) is 7.48. The van der Waals surface area contributed by atoms with Gasteiger partial charge in [-0.1, -0.05) is 29.8 Å². The summed E-state index contributed by atoms with van der Waals surface area (Å²) in [6, 6.07) is 14.7. The van der Waals surface area contributed by atoms with Crippen molar-refractivity contribution in [2.45, 2.75) is 19.8 Å². The molecule has 0 aliphatic rings. The Morgan fingerprint density at radius 1 is 1.12 bits per heavy atom. The van der Waals surface area contributed by atoms with Crippen molar-refractivity contribution < 1.29 is 14.3 Å². The number of carbonyl (C=O) groups excluding carboxylic acids is 2. The van der Waals surface area contributed by atoms with Crippen LogP contribution in [0.5, 0.6) is 5.75 Å². The molecule has 2 amide bonds. The van der Waals surface area contributed by atoms with Crippen LogP contribution in [0.3, 0.4) is 0 Å². The average molecular weight is 375 g/mol. The molecule has 26 heavy (non-hydrogen) atoms. The van der Waals surface area contributed by atoms with Crippen LogP contribution in [0.25, 0.3) is 0 Å². The van der Waals surface area contributed by atoms with Gasteiger partial charge in [0.25, 0.3) is 0 Å². The molecule has 0 bridgehead atoms. The minimum absolute atomic E-state index is 0.0544. The summed E-state index contributed by atoms with van der Waals surface area (Å²) in [4.78, 5) is 25.7. The number of hydrogen-bond donors (Lipinski definition) is 1. The van der Waals surface area contributed by atoms with Gasteiger partial charge in [0, 0.05) is 43.2 Å². The van der Waals surface area contributed by atoms with Crippen LogP contribution in [-0.2, 0) is 16.0 Å². The van der Waals surface area contributed by atoms with Gasteiger partial charge in [0.15, 0.2) is 0 Å². The van der Waals surface area contributed by atoms with Gasteiger partial charge in [-0.05, 0) is 36.2 Å². The van der Waals surface area contributed by atoms with Crippen LogP contribution in [0.2, 0.25) is 5.02 Å². The zero-order chi connectivity index (χ0) is 18.9. The summed E-state index contributed by atoms with van der Waals surface area (Å²) in [5.41, 5.74) is 1.73. The molecule has 138 valence electrons. The molecule has 0 fully saturated rings. The number of anilines is 1. The second kappa shape index (κ2) is 9.82. The minimum atomic E-state index is -0.146. The van der Waals surface area contributed by atoms with Gasteiger partial charge in [0.2, 0.25) is 11.8 Å². The standard InChI is InChI=1S/C20H23ClN2O3/c1-15(24)23(11-9-16-5-3-6-17(21)13-16)12-10-20(25)22-18-7-4-8-19(14-18)26-2/h3-8,13-14H,9-12H2,1-2H3,(H,22,25). The van der Waals surface area contributed by atoms with Gasteiger partial charge in [0.05, 0.1) is 7.11 Å². The molecular formula is C20H23ClN2O3. The fourth-order valence-electron chi connectivity index (χ4n) is 2.54. The SMILES string of the molecule is COc1cccc(NC(=O)CCN(CCc2cccc(Cl)c2)C(C)=O)c1. The average Bonchev–Trinajstić information content (AvgIpc) is 2.61. The molecule has 2 aromatic rings. The normalized spacial score (nSPS) is 10.3. The highest BCUT2D eigenvalue weighted by molar-refractivity contribution is 6.30. The molecule has 0 aliphatic heterocycles. The van der Waals surface area contributed by atoms with Crippen molar-refractivity contribution in [1.29, 1.82) is 0 Å². The number of halogens is 1. The molecule has 0 spiro atoms. The minimum Gasteiger partial charge on any atom is -0.497 e. The number of benzene rings is 2. The van der Waals surface area contributed by atoms with E-state index in [9.17, 15) is 9.59 Å². The van der Waals surface area contributed by atoms with E-state index in [1.54, 1.807) is 30.2 Å². The molecule has 0 atom stereocenters. The monoisotopic (exact) mass is 374 g/mol. The van der Waals surface area contributed by atoms with Gasteiger partial charge in [-0.15, -0.1) is 0 Å². The van der Waals surface area contributed by atoms with Crippen LogP contribution in [-0.4, -0.2) is 36.9 Å². The van der Waals surface area contributed by atoms with Crippen molar-refractivity contribution in [1.82, 2.24) is 4.90 Å². The largest absolute Gasteiger partial charge is 0.497 e. The van der Waals surface area contributed by atoms with Crippen molar-refractivity contribution in [3.05, 3.63) is 59.1 Å². The molecule has 5 nitrogen and oxygen atoms in total.